The Hall–Kier alpha value is -1.42. The molecule has 1 aliphatic heterocycles. The second kappa shape index (κ2) is 6.66. The molecule has 6 heteroatoms. The van der Waals surface area contributed by atoms with Crippen LogP contribution in [0.1, 0.15) is 0 Å². The maximum atomic E-state index is 11.9. The van der Waals surface area contributed by atoms with Gasteiger partial charge in [-0.05, 0) is 24.3 Å². The van der Waals surface area contributed by atoms with Crippen molar-refractivity contribution in [2.24, 2.45) is 0 Å². The van der Waals surface area contributed by atoms with Crippen molar-refractivity contribution in [1.29, 1.82) is 5.26 Å². The molecule has 1 aromatic carbocycles. The van der Waals surface area contributed by atoms with Gasteiger partial charge in [-0.2, -0.15) is 5.26 Å². The van der Waals surface area contributed by atoms with Crippen LogP contribution in [-0.2, 0) is 9.53 Å². The first-order chi connectivity index (χ1) is 9.17. The summed E-state index contributed by atoms with van der Waals surface area (Å²) in [5.41, 5.74) is 0.762. The highest BCUT2D eigenvalue weighted by atomic mass is 79.9. The van der Waals surface area contributed by atoms with Crippen molar-refractivity contribution in [3.8, 4) is 6.07 Å². The van der Waals surface area contributed by atoms with E-state index in [1.54, 1.807) is 0 Å². The number of hydrogen-bond acceptors (Lipinski definition) is 4. The van der Waals surface area contributed by atoms with Gasteiger partial charge in [0, 0.05) is 23.2 Å². The number of nitrogens with zero attached hydrogens (tertiary/aromatic N) is 2. The molecule has 1 atom stereocenters. The number of amides is 1. The number of morpholine rings is 1. The highest BCUT2D eigenvalue weighted by Gasteiger charge is 2.21. The van der Waals surface area contributed by atoms with Crippen LogP contribution in [0.25, 0.3) is 0 Å². The molecular weight excluding hydrogens is 310 g/mol. The minimum absolute atomic E-state index is 0.0825. The lowest BCUT2D eigenvalue weighted by Crippen LogP contribution is -2.45. The number of nitriles is 1. The summed E-state index contributed by atoms with van der Waals surface area (Å²) in [5, 5.41) is 11.6. The SMILES string of the molecule is N#CC1CN(CC(=O)Nc2ccc(Br)cc2)CCO1. The first kappa shape index (κ1) is 14.0. The molecule has 0 spiro atoms. The van der Waals surface area contributed by atoms with Gasteiger partial charge in [-0.3, -0.25) is 9.69 Å². The summed E-state index contributed by atoms with van der Waals surface area (Å²) in [4.78, 5) is 13.8. The number of hydrogen-bond donors (Lipinski definition) is 1. The maximum Gasteiger partial charge on any atom is 0.238 e. The average molecular weight is 324 g/mol. The number of anilines is 1. The van der Waals surface area contributed by atoms with Crippen molar-refractivity contribution in [2.45, 2.75) is 6.10 Å². The van der Waals surface area contributed by atoms with Gasteiger partial charge in [0.05, 0.1) is 19.2 Å². The highest BCUT2D eigenvalue weighted by Crippen LogP contribution is 2.14. The third-order valence-electron chi connectivity index (χ3n) is 2.79. The minimum Gasteiger partial charge on any atom is -0.361 e. The Bertz CT molecular complexity index is 484. The van der Waals surface area contributed by atoms with Crippen LogP contribution in [0.4, 0.5) is 5.69 Å². The van der Waals surface area contributed by atoms with Crippen LogP contribution in [0.3, 0.4) is 0 Å². The lowest BCUT2D eigenvalue weighted by molar-refractivity contribution is -0.118. The van der Waals surface area contributed by atoms with Gasteiger partial charge in [-0.1, -0.05) is 15.9 Å². The normalized spacial score (nSPS) is 19.7. The quantitative estimate of drug-likeness (QED) is 0.917. The molecule has 2 rings (SSSR count). The topological polar surface area (TPSA) is 65.4 Å². The number of ether oxygens (including phenoxy) is 1. The lowest BCUT2D eigenvalue weighted by Gasteiger charge is -2.28. The average Bonchev–Trinajstić information content (AvgIpc) is 2.41. The number of halogens is 1. The van der Waals surface area contributed by atoms with E-state index in [1.165, 1.54) is 0 Å². The molecule has 0 aliphatic carbocycles. The Morgan fingerprint density at radius 1 is 1.53 bits per heavy atom. The van der Waals surface area contributed by atoms with Crippen molar-refractivity contribution in [1.82, 2.24) is 4.90 Å². The van der Waals surface area contributed by atoms with E-state index in [0.29, 0.717) is 19.7 Å². The van der Waals surface area contributed by atoms with E-state index >= 15 is 0 Å². The smallest absolute Gasteiger partial charge is 0.238 e. The molecule has 1 amide bonds. The Kier molecular flexibility index (Phi) is 4.91. The Balaban J connectivity index is 1.84. The van der Waals surface area contributed by atoms with Gasteiger partial charge in [-0.25, -0.2) is 0 Å². The monoisotopic (exact) mass is 323 g/mol. The zero-order valence-corrected chi connectivity index (χ0v) is 11.9. The Morgan fingerprint density at radius 2 is 2.26 bits per heavy atom. The molecule has 1 unspecified atom stereocenters. The van der Waals surface area contributed by atoms with E-state index in [9.17, 15) is 4.79 Å². The fourth-order valence-corrected chi connectivity index (χ4v) is 2.13. The summed E-state index contributed by atoms with van der Waals surface area (Å²) in [6.45, 7) is 1.91. The van der Waals surface area contributed by atoms with Crippen molar-refractivity contribution in [3.63, 3.8) is 0 Å². The Labute approximate surface area is 120 Å². The van der Waals surface area contributed by atoms with E-state index in [1.807, 2.05) is 29.2 Å². The van der Waals surface area contributed by atoms with Gasteiger partial charge < -0.3 is 10.1 Å². The predicted octanol–water partition coefficient (Wildman–Crippen LogP) is 1.61. The number of benzene rings is 1. The molecule has 0 saturated carbocycles. The molecule has 1 aromatic rings. The number of carbonyl (C=O) groups is 1. The number of nitrogens with one attached hydrogen (secondary N) is 1. The van der Waals surface area contributed by atoms with E-state index in [2.05, 4.69) is 27.3 Å². The summed E-state index contributed by atoms with van der Waals surface area (Å²) in [7, 11) is 0. The minimum atomic E-state index is -0.436. The molecule has 100 valence electrons. The summed E-state index contributed by atoms with van der Waals surface area (Å²) >= 11 is 3.34. The Morgan fingerprint density at radius 3 is 2.95 bits per heavy atom. The van der Waals surface area contributed by atoms with Crippen LogP contribution >= 0.6 is 15.9 Å². The fraction of sp³-hybridized carbons (Fsp3) is 0.385. The summed E-state index contributed by atoms with van der Waals surface area (Å²) < 4.78 is 6.20. The molecule has 1 heterocycles. The third-order valence-corrected chi connectivity index (χ3v) is 3.32. The standard InChI is InChI=1S/C13H14BrN3O2/c14-10-1-3-11(4-2-10)16-13(18)9-17-5-6-19-12(7-15)8-17/h1-4,12H,5-6,8-9H2,(H,16,18). The van der Waals surface area contributed by atoms with Crippen LogP contribution in [0, 0.1) is 11.3 Å². The van der Waals surface area contributed by atoms with Gasteiger partial charge in [0.2, 0.25) is 5.91 Å². The van der Waals surface area contributed by atoms with Gasteiger partial charge in [0.1, 0.15) is 0 Å². The third kappa shape index (κ3) is 4.31. The largest absolute Gasteiger partial charge is 0.361 e. The van der Waals surface area contributed by atoms with E-state index in [-0.39, 0.29) is 12.5 Å². The van der Waals surface area contributed by atoms with Gasteiger partial charge >= 0.3 is 0 Å². The molecular formula is C13H14BrN3O2. The van der Waals surface area contributed by atoms with Crippen molar-refractivity contribution in [3.05, 3.63) is 28.7 Å². The second-order valence-electron chi connectivity index (χ2n) is 4.28. The van der Waals surface area contributed by atoms with Crippen molar-refractivity contribution < 1.29 is 9.53 Å². The number of carbonyl (C=O) groups excluding carboxylic acids is 1. The molecule has 5 nitrogen and oxygen atoms in total. The zero-order chi connectivity index (χ0) is 13.7. The molecule has 1 aliphatic rings. The molecule has 0 bridgehead atoms. The maximum absolute atomic E-state index is 11.9. The molecule has 0 radical (unpaired) electrons. The molecule has 1 N–H and O–H groups in total. The van der Waals surface area contributed by atoms with Gasteiger partial charge in [0.25, 0.3) is 0 Å². The predicted molar refractivity (Wildman–Crippen MR) is 74.6 cm³/mol. The van der Waals surface area contributed by atoms with Crippen molar-refractivity contribution in [2.75, 3.05) is 31.6 Å². The molecule has 1 fully saturated rings. The van der Waals surface area contributed by atoms with Crippen LogP contribution in [-0.4, -0.2) is 43.2 Å². The second-order valence-corrected chi connectivity index (χ2v) is 5.19. The van der Waals surface area contributed by atoms with E-state index < -0.39 is 6.10 Å². The molecule has 0 aromatic heterocycles. The zero-order valence-electron chi connectivity index (χ0n) is 10.3. The first-order valence-corrected chi connectivity index (χ1v) is 6.75. The number of rotatable bonds is 3. The fourth-order valence-electron chi connectivity index (χ4n) is 1.86. The van der Waals surface area contributed by atoms with Crippen LogP contribution in [0.5, 0.6) is 0 Å². The highest BCUT2D eigenvalue weighted by molar-refractivity contribution is 9.10. The summed E-state index contributed by atoms with van der Waals surface area (Å²) in [6.07, 6.45) is -0.436. The lowest BCUT2D eigenvalue weighted by atomic mass is 10.3. The van der Waals surface area contributed by atoms with Crippen molar-refractivity contribution >= 4 is 27.5 Å². The van der Waals surface area contributed by atoms with Crippen LogP contribution in [0.2, 0.25) is 0 Å². The van der Waals surface area contributed by atoms with Gasteiger partial charge in [0.15, 0.2) is 6.10 Å². The molecule has 1 saturated heterocycles. The van der Waals surface area contributed by atoms with Crippen LogP contribution < -0.4 is 5.32 Å². The summed E-state index contributed by atoms with van der Waals surface area (Å²) in [6, 6.07) is 9.47. The van der Waals surface area contributed by atoms with Crippen LogP contribution in [0.15, 0.2) is 28.7 Å². The molecule has 19 heavy (non-hydrogen) atoms. The summed E-state index contributed by atoms with van der Waals surface area (Å²) in [5.74, 6) is -0.0825. The van der Waals surface area contributed by atoms with E-state index in [4.69, 9.17) is 10.00 Å². The van der Waals surface area contributed by atoms with Gasteiger partial charge in [-0.15, -0.1) is 0 Å². The first-order valence-electron chi connectivity index (χ1n) is 5.96. The van der Waals surface area contributed by atoms with E-state index in [0.717, 1.165) is 10.2 Å².